The number of piperidine rings is 1. The van der Waals surface area contributed by atoms with Gasteiger partial charge >= 0.3 is 0 Å². The molecule has 1 aliphatic heterocycles. The largest absolute Gasteiger partial charge is 0.493 e. The number of hydrogen-bond donors (Lipinski definition) is 2. The van der Waals surface area contributed by atoms with Gasteiger partial charge in [-0.25, -0.2) is 4.39 Å². The maximum atomic E-state index is 14.3. The van der Waals surface area contributed by atoms with Crippen LogP contribution in [0.15, 0.2) is 42.5 Å². The molecule has 1 saturated heterocycles. The van der Waals surface area contributed by atoms with Crippen LogP contribution in [0.2, 0.25) is 0 Å². The molecule has 7 heteroatoms. The molecule has 140 valence electrons. The Morgan fingerprint density at radius 1 is 1.19 bits per heavy atom. The predicted molar refractivity (Wildman–Crippen MR) is 101 cm³/mol. The van der Waals surface area contributed by atoms with Gasteiger partial charge < -0.3 is 20.1 Å². The Morgan fingerprint density at radius 2 is 1.96 bits per heavy atom. The highest BCUT2D eigenvalue weighted by atomic mass is 35.5. The molecule has 2 aromatic rings. The number of para-hydroxylation sites is 2. The molecule has 26 heavy (non-hydrogen) atoms. The number of carbonyl (C=O) groups excluding carboxylic acids is 1. The number of methoxy groups -OCH3 is 1. The molecule has 0 radical (unpaired) electrons. The number of carbonyl (C=O) groups is 1. The summed E-state index contributed by atoms with van der Waals surface area (Å²) in [4.78, 5) is 12.2. The van der Waals surface area contributed by atoms with E-state index in [2.05, 4.69) is 10.6 Å². The number of ether oxygens (including phenoxy) is 2. The molecule has 0 saturated carbocycles. The van der Waals surface area contributed by atoms with E-state index < -0.39 is 5.82 Å². The molecule has 1 fully saturated rings. The number of halogens is 2. The Kier molecular flexibility index (Phi) is 7.24. The normalized spacial score (nSPS) is 16.3. The third kappa shape index (κ3) is 4.86. The van der Waals surface area contributed by atoms with Gasteiger partial charge in [0.1, 0.15) is 0 Å². The molecule has 2 aromatic carbocycles. The van der Waals surface area contributed by atoms with Gasteiger partial charge in [0.15, 0.2) is 23.1 Å². The van der Waals surface area contributed by atoms with Crippen molar-refractivity contribution in [3.05, 3.63) is 48.3 Å². The molecule has 0 aliphatic carbocycles. The molecule has 1 unspecified atom stereocenters. The molecule has 1 aliphatic rings. The number of nitrogens with one attached hydrogen (secondary N) is 2. The summed E-state index contributed by atoms with van der Waals surface area (Å²) in [7, 11) is 1.53. The minimum Gasteiger partial charge on any atom is -0.493 e. The van der Waals surface area contributed by atoms with Gasteiger partial charge in [-0.2, -0.15) is 0 Å². The van der Waals surface area contributed by atoms with E-state index in [0.29, 0.717) is 23.7 Å². The molecule has 5 nitrogen and oxygen atoms in total. The van der Waals surface area contributed by atoms with Crippen molar-refractivity contribution in [1.82, 2.24) is 5.32 Å². The molecule has 0 bridgehead atoms. The van der Waals surface area contributed by atoms with Crippen molar-refractivity contribution in [3.8, 4) is 17.2 Å². The monoisotopic (exact) mass is 380 g/mol. The lowest BCUT2D eigenvalue weighted by Gasteiger charge is -2.22. The Labute approximate surface area is 158 Å². The second kappa shape index (κ2) is 9.40. The van der Waals surface area contributed by atoms with E-state index in [9.17, 15) is 9.18 Å². The van der Waals surface area contributed by atoms with Gasteiger partial charge in [-0.05, 0) is 43.7 Å². The Balaban J connectivity index is 0.00000243. The van der Waals surface area contributed by atoms with Crippen molar-refractivity contribution < 1.29 is 18.7 Å². The van der Waals surface area contributed by atoms with Crippen LogP contribution < -0.4 is 20.1 Å². The molecule has 0 aromatic heterocycles. The van der Waals surface area contributed by atoms with E-state index in [0.717, 1.165) is 19.4 Å². The molecule has 1 amide bonds. The molecule has 1 atom stereocenters. The predicted octanol–water partition coefficient (Wildman–Crippen LogP) is 3.99. The average molecular weight is 381 g/mol. The van der Waals surface area contributed by atoms with Crippen LogP contribution in [0.1, 0.15) is 12.8 Å². The lowest BCUT2D eigenvalue weighted by atomic mass is 9.99. The van der Waals surface area contributed by atoms with Gasteiger partial charge in [0.05, 0.1) is 13.0 Å². The highest BCUT2D eigenvalue weighted by Crippen LogP contribution is 2.33. The minimum atomic E-state index is -0.550. The number of rotatable bonds is 5. The van der Waals surface area contributed by atoms with Crippen LogP contribution in [0, 0.1) is 11.7 Å². The summed E-state index contributed by atoms with van der Waals surface area (Å²) >= 11 is 0. The van der Waals surface area contributed by atoms with Gasteiger partial charge in [0.25, 0.3) is 0 Å². The number of hydrogen-bond acceptors (Lipinski definition) is 4. The number of amides is 1. The van der Waals surface area contributed by atoms with Gasteiger partial charge in [0, 0.05) is 18.3 Å². The third-order valence-corrected chi connectivity index (χ3v) is 4.16. The average Bonchev–Trinajstić information content (AvgIpc) is 2.65. The first-order valence-electron chi connectivity index (χ1n) is 8.29. The van der Waals surface area contributed by atoms with Crippen LogP contribution in [-0.2, 0) is 4.79 Å². The quantitative estimate of drug-likeness (QED) is 0.823. The van der Waals surface area contributed by atoms with E-state index in [4.69, 9.17) is 9.47 Å². The zero-order chi connectivity index (χ0) is 17.6. The van der Waals surface area contributed by atoms with E-state index in [1.165, 1.54) is 19.2 Å². The summed E-state index contributed by atoms with van der Waals surface area (Å²) in [6.45, 7) is 1.59. The summed E-state index contributed by atoms with van der Waals surface area (Å²) in [6.07, 6.45) is 1.81. The summed E-state index contributed by atoms with van der Waals surface area (Å²) in [5.74, 6) is 0.289. The van der Waals surface area contributed by atoms with Crippen molar-refractivity contribution in [2.24, 2.45) is 5.92 Å². The maximum Gasteiger partial charge on any atom is 0.228 e. The number of anilines is 1. The highest BCUT2D eigenvalue weighted by Gasteiger charge is 2.21. The van der Waals surface area contributed by atoms with E-state index in [1.54, 1.807) is 30.3 Å². The molecule has 2 N–H and O–H groups in total. The smallest absolute Gasteiger partial charge is 0.228 e. The summed E-state index contributed by atoms with van der Waals surface area (Å²) < 4.78 is 25.1. The van der Waals surface area contributed by atoms with Crippen molar-refractivity contribution in [3.63, 3.8) is 0 Å². The molecule has 0 spiro atoms. The highest BCUT2D eigenvalue weighted by molar-refractivity contribution is 5.92. The number of benzene rings is 2. The Bertz CT molecular complexity index is 751. The fourth-order valence-corrected chi connectivity index (χ4v) is 2.80. The molecular formula is C19H22ClFN2O3. The second-order valence-corrected chi connectivity index (χ2v) is 5.93. The van der Waals surface area contributed by atoms with Crippen LogP contribution >= 0.6 is 12.4 Å². The molecule has 1 heterocycles. The van der Waals surface area contributed by atoms with E-state index in [1.807, 2.05) is 0 Å². The third-order valence-electron chi connectivity index (χ3n) is 4.16. The Hall–Kier alpha value is -2.31. The zero-order valence-electron chi connectivity index (χ0n) is 14.5. The Morgan fingerprint density at radius 3 is 2.62 bits per heavy atom. The van der Waals surface area contributed by atoms with Crippen LogP contribution in [0.5, 0.6) is 17.2 Å². The summed E-state index contributed by atoms with van der Waals surface area (Å²) in [5.41, 5.74) is 0.417. The van der Waals surface area contributed by atoms with Gasteiger partial charge in [-0.3, -0.25) is 4.79 Å². The first-order chi connectivity index (χ1) is 12.2. The van der Waals surface area contributed by atoms with Crippen molar-refractivity contribution in [2.45, 2.75) is 12.8 Å². The maximum absolute atomic E-state index is 14.3. The van der Waals surface area contributed by atoms with Gasteiger partial charge in [-0.15, -0.1) is 12.4 Å². The van der Waals surface area contributed by atoms with Crippen molar-refractivity contribution in [1.29, 1.82) is 0 Å². The lowest BCUT2D eigenvalue weighted by Crippen LogP contribution is -2.37. The SMILES string of the molecule is COc1ccccc1Oc1ccc(NC(=O)C2CCCNC2)cc1F.Cl. The van der Waals surface area contributed by atoms with Gasteiger partial charge in [0.2, 0.25) is 5.91 Å². The van der Waals surface area contributed by atoms with Crippen molar-refractivity contribution >= 4 is 24.0 Å². The van der Waals surface area contributed by atoms with Crippen LogP contribution in [0.3, 0.4) is 0 Å². The first kappa shape index (κ1) is 20.0. The fraction of sp³-hybridized carbons (Fsp3) is 0.316. The second-order valence-electron chi connectivity index (χ2n) is 5.93. The van der Waals surface area contributed by atoms with E-state index in [-0.39, 0.29) is 30.0 Å². The molecule has 3 rings (SSSR count). The molecular weight excluding hydrogens is 359 g/mol. The van der Waals surface area contributed by atoms with Crippen LogP contribution in [0.4, 0.5) is 10.1 Å². The zero-order valence-corrected chi connectivity index (χ0v) is 15.3. The van der Waals surface area contributed by atoms with Crippen molar-refractivity contribution in [2.75, 3.05) is 25.5 Å². The summed E-state index contributed by atoms with van der Waals surface area (Å²) in [6, 6.07) is 11.4. The topological polar surface area (TPSA) is 59.6 Å². The van der Waals surface area contributed by atoms with Crippen LogP contribution in [-0.4, -0.2) is 26.1 Å². The van der Waals surface area contributed by atoms with Gasteiger partial charge in [-0.1, -0.05) is 12.1 Å². The standard InChI is InChI=1S/C19H21FN2O3.ClH/c1-24-17-6-2-3-7-18(17)25-16-9-8-14(11-15(16)20)22-19(23)13-5-4-10-21-12-13;/h2-3,6-9,11,13,21H,4-5,10,12H2,1H3,(H,22,23);1H. The van der Waals surface area contributed by atoms with Crippen LogP contribution in [0.25, 0.3) is 0 Å². The van der Waals surface area contributed by atoms with E-state index >= 15 is 0 Å². The lowest BCUT2D eigenvalue weighted by molar-refractivity contribution is -0.120. The first-order valence-corrected chi connectivity index (χ1v) is 8.29. The fourth-order valence-electron chi connectivity index (χ4n) is 2.80. The summed E-state index contributed by atoms with van der Waals surface area (Å²) in [5, 5.41) is 5.96. The minimum absolute atomic E-state index is 0.